The Morgan fingerprint density at radius 2 is 1.88 bits per heavy atom. The summed E-state index contributed by atoms with van der Waals surface area (Å²) in [6, 6.07) is 8.81. The van der Waals surface area contributed by atoms with Gasteiger partial charge < -0.3 is 4.57 Å². The van der Waals surface area contributed by atoms with E-state index in [4.69, 9.17) is 0 Å². The highest BCUT2D eigenvalue weighted by molar-refractivity contribution is 5.83. The number of aromatic nitrogens is 1. The Balaban J connectivity index is 2.22. The van der Waals surface area contributed by atoms with E-state index >= 15 is 0 Å². The predicted molar refractivity (Wildman–Crippen MR) is 75.3 cm³/mol. The number of benzene rings is 1. The van der Waals surface area contributed by atoms with Crippen LogP contribution in [0.3, 0.4) is 0 Å². The van der Waals surface area contributed by atoms with Gasteiger partial charge in [0.25, 0.3) is 0 Å². The second-order valence-electron chi connectivity index (χ2n) is 5.71. The summed E-state index contributed by atoms with van der Waals surface area (Å²) in [7, 11) is 0. The van der Waals surface area contributed by atoms with Crippen LogP contribution in [0, 0.1) is 18.8 Å². The summed E-state index contributed by atoms with van der Waals surface area (Å²) in [5.74, 6) is 1.53. The van der Waals surface area contributed by atoms with Crippen molar-refractivity contribution in [2.75, 3.05) is 0 Å². The first-order valence-corrected chi connectivity index (χ1v) is 6.62. The smallest absolute Gasteiger partial charge is 0.0483 e. The molecule has 0 aliphatic heterocycles. The van der Waals surface area contributed by atoms with Crippen LogP contribution in [-0.4, -0.2) is 4.57 Å². The van der Waals surface area contributed by atoms with Gasteiger partial charge >= 0.3 is 0 Å². The minimum atomic E-state index is 0.742. The Morgan fingerprint density at radius 1 is 1.12 bits per heavy atom. The molecule has 0 amide bonds. The average Bonchev–Trinajstić information content (AvgIpc) is 2.62. The molecule has 1 nitrogen and oxygen atoms in total. The molecular formula is C16H23N. The molecule has 0 aliphatic rings. The molecule has 0 spiro atoms. The molecule has 0 fully saturated rings. The van der Waals surface area contributed by atoms with E-state index in [-0.39, 0.29) is 0 Å². The SMILES string of the molecule is Cc1cccc2c1ccn2CC(C)CC(C)C. The maximum atomic E-state index is 2.40. The van der Waals surface area contributed by atoms with Crippen LogP contribution in [0.1, 0.15) is 32.8 Å². The van der Waals surface area contributed by atoms with Gasteiger partial charge in [-0.2, -0.15) is 0 Å². The van der Waals surface area contributed by atoms with E-state index in [1.54, 1.807) is 0 Å². The van der Waals surface area contributed by atoms with Crippen molar-refractivity contribution < 1.29 is 0 Å². The quantitative estimate of drug-likeness (QED) is 0.720. The van der Waals surface area contributed by atoms with Crippen LogP contribution in [-0.2, 0) is 6.54 Å². The number of fused-ring (bicyclic) bond motifs is 1. The van der Waals surface area contributed by atoms with E-state index in [9.17, 15) is 0 Å². The lowest BCUT2D eigenvalue weighted by molar-refractivity contribution is 0.394. The van der Waals surface area contributed by atoms with Gasteiger partial charge in [-0.1, -0.05) is 32.9 Å². The Labute approximate surface area is 104 Å². The van der Waals surface area contributed by atoms with Crippen LogP contribution in [0.25, 0.3) is 10.9 Å². The fourth-order valence-electron chi connectivity index (χ4n) is 2.75. The molecule has 0 N–H and O–H groups in total. The van der Waals surface area contributed by atoms with E-state index in [0.29, 0.717) is 0 Å². The summed E-state index contributed by atoms with van der Waals surface area (Å²) in [5, 5.41) is 1.39. The number of rotatable bonds is 4. The number of hydrogen-bond donors (Lipinski definition) is 0. The first-order chi connectivity index (χ1) is 8.08. The van der Waals surface area contributed by atoms with Crippen molar-refractivity contribution in [2.45, 2.75) is 40.7 Å². The molecule has 1 atom stereocenters. The summed E-state index contributed by atoms with van der Waals surface area (Å²) in [6.45, 7) is 10.3. The highest BCUT2D eigenvalue weighted by atomic mass is 15.0. The van der Waals surface area contributed by atoms with Crippen molar-refractivity contribution in [2.24, 2.45) is 11.8 Å². The van der Waals surface area contributed by atoms with Gasteiger partial charge in [-0.3, -0.25) is 0 Å². The standard InChI is InChI=1S/C16H23N/c1-12(2)10-13(3)11-17-9-8-15-14(4)6-5-7-16(15)17/h5-9,12-13H,10-11H2,1-4H3. The molecule has 1 heterocycles. The van der Waals surface area contributed by atoms with E-state index in [1.807, 2.05) is 0 Å². The van der Waals surface area contributed by atoms with Crippen LogP contribution < -0.4 is 0 Å². The zero-order valence-electron chi connectivity index (χ0n) is 11.4. The molecular weight excluding hydrogens is 206 g/mol. The molecule has 0 aliphatic carbocycles. The summed E-state index contributed by atoms with van der Waals surface area (Å²) in [5.41, 5.74) is 2.75. The highest BCUT2D eigenvalue weighted by Gasteiger charge is 2.08. The van der Waals surface area contributed by atoms with E-state index in [2.05, 4.69) is 62.7 Å². The maximum absolute atomic E-state index is 2.40. The lowest BCUT2D eigenvalue weighted by Gasteiger charge is -2.15. The zero-order valence-corrected chi connectivity index (χ0v) is 11.4. The fourth-order valence-corrected chi connectivity index (χ4v) is 2.75. The molecule has 0 radical (unpaired) electrons. The van der Waals surface area contributed by atoms with Gasteiger partial charge in [0.15, 0.2) is 0 Å². The average molecular weight is 229 g/mol. The molecule has 1 unspecified atom stereocenters. The predicted octanol–water partition coefficient (Wildman–Crippen LogP) is 4.63. The molecule has 0 saturated heterocycles. The topological polar surface area (TPSA) is 4.93 Å². The second-order valence-corrected chi connectivity index (χ2v) is 5.71. The fraction of sp³-hybridized carbons (Fsp3) is 0.500. The number of aryl methyl sites for hydroxylation is 1. The van der Waals surface area contributed by atoms with Crippen LogP contribution in [0.15, 0.2) is 30.5 Å². The van der Waals surface area contributed by atoms with Gasteiger partial charge in [-0.25, -0.2) is 0 Å². The van der Waals surface area contributed by atoms with Gasteiger partial charge in [0.2, 0.25) is 0 Å². The van der Waals surface area contributed by atoms with Crippen LogP contribution >= 0.6 is 0 Å². The van der Waals surface area contributed by atoms with Gasteiger partial charge in [-0.05, 0) is 42.9 Å². The summed E-state index contributed by atoms with van der Waals surface area (Å²) >= 11 is 0. The van der Waals surface area contributed by atoms with Crippen LogP contribution in [0.4, 0.5) is 0 Å². The molecule has 2 rings (SSSR count). The van der Waals surface area contributed by atoms with Gasteiger partial charge in [-0.15, -0.1) is 0 Å². The van der Waals surface area contributed by atoms with Crippen LogP contribution in [0.5, 0.6) is 0 Å². The third-order valence-electron chi connectivity index (χ3n) is 3.41. The lowest BCUT2D eigenvalue weighted by Crippen LogP contribution is -2.09. The highest BCUT2D eigenvalue weighted by Crippen LogP contribution is 2.22. The van der Waals surface area contributed by atoms with Gasteiger partial charge in [0, 0.05) is 23.6 Å². The maximum Gasteiger partial charge on any atom is 0.0483 e. The summed E-state index contributed by atoms with van der Waals surface area (Å²) in [6.07, 6.45) is 3.53. The molecule has 2 aromatic rings. The van der Waals surface area contributed by atoms with Gasteiger partial charge in [0.1, 0.15) is 0 Å². The van der Waals surface area contributed by atoms with E-state index < -0.39 is 0 Å². The van der Waals surface area contributed by atoms with Crippen molar-refractivity contribution >= 4 is 10.9 Å². The summed E-state index contributed by atoms with van der Waals surface area (Å²) in [4.78, 5) is 0. The molecule has 1 aromatic heterocycles. The first-order valence-electron chi connectivity index (χ1n) is 6.62. The lowest BCUT2D eigenvalue weighted by atomic mass is 9.99. The normalized spacial score (nSPS) is 13.5. The molecule has 0 bridgehead atoms. The van der Waals surface area contributed by atoms with Crippen LogP contribution in [0.2, 0.25) is 0 Å². The zero-order chi connectivity index (χ0) is 12.4. The van der Waals surface area contributed by atoms with Crippen molar-refractivity contribution in [1.29, 1.82) is 0 Å². The second kappa shape index (κ2) is 4.95. The largest absolute Gasteiger partial charge is 0.347 e. The minimum Gasteiger partial charge on any atom is -0.347 e. The van der Waals surface area contributed by atoms with Crippen molar-refractivity contribution in [1.82, 2.24) is 4.57 Å². The Hall–Kier alpha value is -1.24. The minimum absolute atomic E-state index is 0.742. The third kappa shape index (κ3) is 2.71. The first kappa shape index (κ1) is 12.2. The van der Waals surface area contributed by atoms with Gasteiger partial charge in [0.05, 0.1) is 0 Å². The molecule has 92 valence electrons. The number of nitrogens with zero attached hydrogens (tertiary/aromatic N) is 1. The van der Waals surface area contributed by atoms with Crippen molar-refractivity contribution in [3.8, 4) is 0 Å². The molecule has 0 saturated carbocycles. The Kier molecular flexibility index (Phi) is 3.56. The Bertz CT molecular complexity index is 493. The number of hydrogen-bond acceptors (Lipinski definition) is 0. The van der Waals surface area contributed by atoms with E-state index in [1.165, 1.54) is 22.9 Å². The van der Waals surface area contributed by atoms with Crippen molar-refractivity contribution in [3.63, 3.8) is 0 Å². The monoisotopic (exact) mass is 229 g/mol. The molecule has 1 aromatic carbocycles. The summed E-state index contributed by atoms with van der Waals surface area (Å²) < 4.78 is 2.40. The third-order valence-corrected chi connectivity index (χ3v) is 3.41. The molecule has 17 heavy (non-hydrogen) atoms. The van der Waals surface area contributed by atoms with E-state index in [0.717, 1.165) is 18.4 Å². The molecule has 1 heteroatoms. The Morgan fingerprint density at radius 3 is 2.59 bits per heavy atom. The van der Waals surface area contributed by atoms with Crippen molar-refractivity contribution in [3.05, 3.63) is 36.0 Å².